The molecule has 0 radical (unpaired) electrons. The van der Waals surface area contributed by atoms with Crippen molar-refractivity contribution < 1.29 is 4.79 Å². The molecule has 3 aromatic rings. The molecule has 3 aromatic heterocycles. The molecule has 8 heteroatoms. The molecule has 1 atom stereocenters. The summed E-state index contributed by atoms with van der Waals surface area (Å²) in [6.45, 7) is 3.38. The van der Waals surface area contributed by atoms with Crippen LogP contribution in [-0.4, -0.2) is 62.6 Å². The fraction of sp³-hybridized carbons (Fsp3) is 0.476. The number of carbonyl (C=O) groups is 1. The van der Waals surface area contributed by atoms with Crippen LogP contribution in [0, 0.1) is 6.92 Å². The first-order chi connectivity index (χ1) is 14.0. The largest absolute Gasteiger partial charge is 0.347 e. The highest BCUT2D eigenvalue weighted by molar-refractivity contribution is 5.95. The lowest BCUT2D eigenvalue weighted by Crippen LogP contribution is -2.48. The Labute approximate surface area is 169 Å². The maximum Gasteiger partial charge on any atom is 0.257 e. The Morgan fingerprint density at radius 2 is 2.07 bits per heavy atom. The van der Waals surface area contributed by atoms with Crippen molar-refractivity contribution in [3.63, 3.8) is 0 Å². The normalized spacial score (nSPS) is 21.0. The Kier molecular flexibility index (Phi) is 4.04. The smallest absolute Gasteiger partial charge is 0.257 e. The molecule has 5 rings (SSSR count). The van der Waals surface area contributed by atoms with E-state index < -0.39 is 0 Å². The summed E-state index contributed by atoms with van der Waals surface area (Å²) in [6.07, 6.45) is 9.39. The van der Waals surface area contributed by atoms with E-state index in [4.69, 9.17) is 4.98 Å². The number of nitrogens with zero attached hydrogens (tertiary/aromatic N) is 7. The van der Waals surface area contributed by atoms with E-state index >= 15 is 0 Å². The van der Waals surface area contributed by atoms with E-state index in [1.165, 1.54) is 5.56 Å². The topological polar surface area (TPSA) is 79.5 Å². The minimum atomic E-state index is -0.0753. The highest BCUT2D eigenvalue weighted by Crippen LogP contribution is 2.44. The molecular weight excluding hydrogens is 366 g/mol. The summed E-state index contributed by atoms with van der Waals surface area (Å²) in [4.78, 5) is 31.1. The van der Waals surface area contributed by atoms with E-state index in [9.17, 15) is 4.79 Å². The van der Waals surface area contributed by atoms with Gasteiger partial charge in [0.1, 0.15) is 0 Å². The number of likely N-dealkylation sites (tertiary alicyclic amines) is 1. The molecule has 1 spiro atoms. The lowest BCUT2D eigenvalue weighted by Gasteiger charge is -2.40. The second kappa shape index (κ2) is 6.50. The van der Waals surface area contributed by atoms with Crippen molar-refractivity contribution in [2.75, 3.05) is 32.1 Å². The van der Waals surface area contributed by atoms with Gasteiger partial charge in [-0.05, 0) is 38.2 Å². The quantitative estimate of drug-likeness (QED) is 0.665. The van der Waals surface area contributed by atoms with E-state index in [0.29, 0.717) is 12.1 Å². The number of hydrogen-bond donors (Lipinski definition) is 0. The van der Waals surface area contributed by atoms with Crippen molar-refractivity contribution in [2.45, 2.75) is 38.0 Å². The Hall–Kier alpha value is -3.03. The summed E-state index contributed by atoms with van der Waals surface area (Å²) < 4.78 is 1.73. The molecule has 1 amide bonds. The van der Waals surface area contributed by atoms with E-state index in [-0.39, 0.29) is 11.3 Å². The summed E-state index contributed by atoms with van der Waals surface area (Å²) >= 11 is 0. The van der Waals surface area contributed by atoms with Crippen LogP contribution in [0.25, 0.3) is 5.65 Å². The van der Waals surface area contributed by atoms with Crippen molar-refractivity contribution in [2.24, 2.45) is 0 Å². The number of amides is 1. The lowest BCUT2D eigenvalue weighted by atomic mass is 9.77. The fourth-order valence-electron chi connectivity index (χ4n) is 4.82. The summed E-state index contributed by atoms with van der Waals surface area (Å²) in [6, 6.07) is 1.84. The molecule has 1 fully saturated rings. The van der Waals surface area contributed by atoms with Crippen LogP contribution < -0.4 is 4.90 Å². The number of hydrogen-bond acceptors (Lipinski definition) is 6. The Balaban J connectivity index is 1.48. The minimum absolute atomic E-state index is 0.0295. The van der Waals surface area contributed by atoms with Gasteiger partial charge in [0.2, 0.25) is 5.95 Å². The molecular formula is C21H25N7O. The van der Waals surface area contributed by atoms with E-state index in [1.807, 2.05) is 43.1 Å². The lowest BCUT2D eigenvalue weighted by molar-refractivity contribution is 0.0631. The van der Waals surface area contributed by atoms with E-state index in [1.54, 1.807) is 16.9 Å². The molecule has 1 aliphatic heterocycles. The molecule has 1 unspecified atom stereocenters. The van der Waals surface area contributed by atoms with Gasteiger partial charge in [0.25, 0.3) is 5.91 Å². The van der Waals surface area contributed by atoms with Gasteiger partial charge < -0.3 is 9.80 Å². The zero-order valence-corrected chi connectivity index (χ0v) is 17.1. The number of carbonyl (C=O) groups excluding carboxylic acids is 1. The second-order valence-corrected chi connectivity index (χ2v) is 8.41. The summed E-state index contributed by atoms with van der Waals surface area (Å²) in [5.74, 6) is 0.763. The number of piperidine rings is 1. The monoisotopic (exact) mass is 391 g/mol. The van der Waals surface area contributed by atoms with Gasteiger partial charge in [0, 0.05) is 51.1 Å². The van der Waals surface area contributed by atoms with Crippen LogP contribution in [0.1, 0.15) is 46.6 Å². The SMILES string of the molecule is Cc1c(C(=O)N2CCCC3(CCc4cnc(N(C)C)nc43)C2)cnc2ccnn12. The third kappa shape index (κ3) is 2.77. The highest BCUT2D eigenvalue weighted by Gasteiger charge is 2.45. The summed E-state index contributed by atoms with van der Waals surface area (Å²) in [7, 11) is 3.92. The Morgan fingerprint density at radius 1 is 1.21 bits per heavy atom. The summed E-state index contributed by atoms with van der Waals surface area (Å²) in [5.41, 5.74) is 4.48. The van der Waals surface area contributed by atoms with Gasteiger partial charge in [-0.2, -0.15) is 5.10 Å². The number of aromatic nitrogens is 5. The molecule has 0 N–H and O–H groups in total. The van der Waals surface area contributed by atoms with Crippen LogP contribution in [0.3, 0.4) is 0 Å². The van der Waals surface area contributed by atoms with Crippen molar-refractivity contribution in [1.29, 1.82) is 0 Å². The maximum absolute atomic E-state index is 13.4. The number of anilines is 1. The van der Waals surface area contributed by atoms with E-state index in [2.05, 4.69) is 15.1 Å². The predicted octanol–water partition coefficient (Wildman–Crippen LogP) is 2.01. The molecule has 0 bridgehead atoms. The van der Waals surface area contributed by atoms with Crippen LogP contribution >= 0.6 is 0 Å². The predicted molar refractivity (Wildman–Crippen MR) is 109 cm³/mol. The van der Waals surface area contributed by atoms with Crippen LogP contribution in [-0.2, 0) is 11.8 Å². The zero-order chi connectivity index (χ0) is 20.2. The first kappa shape index (κ1) is 18.0. The van der Waals surface area contributed by atoms with Crippen molar-refractivity contribution in [3.8, 4) is 0 Å². The maximum atomic E-state index is 13.4. The van der Waals surface area contributed by atoms with Crippen LogP contribution in [0.4, 0.5) is 5.95 Å². The van der Waals surface area contributed by atoms with Gasteiger partial charge in [-0.1, -0.05) is 0 Å². The van der Waals surface area contributed by atoms with Crippen molar-refractivity contribution in [1.82, 2.24) is 29.5 Å². The molecule has 2 aliphatic rings. The molecule has 29 heavy (non-hydrogen) atoms. The first-order valence-corrected chi connectivity index (χ1v) is 10.1. The molecule has 8 nitrogen and oxygen atoms in total. The first-order valence-electron chi connectivity index (χ1n) is 10.1. The molecule has 4 heterocycles. The van der Waals surface area contributed by atoms with E-state index in [0.717, 1.165) is 55.2 Å². The average Bonchev–Trinajstić information content (AvgIpc) is 3.34. The molecule has 1 saturated heterocycles. The number of fused-ring (bicyclic) bond motifs is 3. The van der Waals surface area contributed by atoms with Gasteiger partial charge in [0.15, 0.2) is 5.65 Å². The molecule has 0 saturated carbocycles. The number of aryl methyl sites for hydroxylation is 2. The van der Waals surface area contributed by atoms with Gasteiger partial charge in [-0.25, -0.2) is 19.5 Å². The van der Waals surface area contributed by atoms with Crippen LogP contribution in [0.2, 0.25) is 0 Å². The van der Waals surface area contributed by atoms with Crippen molar-refractivity contribution in [3.05, 3.63) is 47.2 Å². The molecule has 1 aliphatic carbocycles. The van der Waals surface area contributed by atoms with Crippen LogP contribution in [0.15, 0.2) is 24.7 Å². The standard InChI is InChI=1S/C21H25N7O/c1-14-16(12-22-17-6-9-24-28(14)17)19(29)27-10-4-7-21(13-27)8-5-15-11-23-20(26(2)3)25-18(15)21/h6,9,11-12H,4-5,7-8,10,13H2,1-3H3. The van der Waals surface area contributed by atoms with Gasteiger partial charge >= 0.3 is 0 Å². The number of rotatable bonds is 2. The fourth-order valence-corrected chi connectivity index (χ4v) is 4.82. The highest BCUT2D eigenvalue weighted by atomic mass is 16.2. The van der Waals surface area contributed by atoms with Crippen molar-refractivity contribution >= 4 is 17.5 Å². The summed E-state index contributed by atoms with van der Waals surface area (Å²) in [5, 5.41) is 4.30. The molecule has 150 valence electrons. The van der Waals surface area contributed by atoms with Gasteiger partial charge in [-0.3, -0.25) is 4.79 Å². The third-order valence-electron chi connectivity index (χ3n) is 6.38. The van der Waals surface area contributed by atoms with Gasteiger partial charge in [-0.15, -0.1) is 0 Å². The van der Waals surface area contributed by atoms with Gasteiger partial charge in [0.05, 0.1) is 23.1 Å². The second-order valence-electron chi connectivity index (χ2n) is 8.41. The third-order valence-corrected chi connectivity index (χ3v) is 6.38. The zero-order valence-electron chi connectivity index (χ0n) is 17.1. The minimum Gasteiger partial charge on any atom is -0.347 e. The molecule has 0 aromatic carbocycles. The Bertz CT molecular complexity index is 1100. The van der Waals surface area contributed by atoms with Crippen LogP contribution in [0.5, 0.6) is 0 Å². The average molecular weight is 391 g/mol. The Morgan fingerprint density at radius 3 is 2.90 bits per heavy atom.